The van der Waals surface area contributed by atoms with E-state index in [4.69, 9.17) is 10.5 Å². The van der Waals surface area contributed by atoms with E-state index in [2.05, 4.69) is 6.92 Å². The molecule has 0 atom stereocenters. The number of fused-ring (bicyclic) bond motifs is 2. The van der Waals surface area contributed by atoms with Gasteiger partial charge in [-0.1, -0.05) is 79.9 Å². The van der Waals surface area contributed by atoms with Crippen LogP contribution in [0.3, 0.4) is 0 Å². The van der Waals surface area contributed by atoms with Crippen LogP contribution in [0.1, 0.15) is 99.6 Å². The fourth-order valence-corrected chi connectivity index (χ4v) is 6.51. The Kier molecular flexibility index (Phi) is 7.70. The third-order valence-electron chi connectivity index (χ3n) is 7.70. The molecule has 38 heavy (non-hydrogen) atoms. The number of aryl methyl sites for hydroxylation is 1. The number of rotatable bonds is 7. The van der Waals surface area contributed by atoms with Crippen molar-refractivity contribution >= 4 is 35.0 Å². The molecule has 0 saturated heterocycles. The summed E-state index contributed by atoms with van der Waals surface area (Å²) in [6.45, 7) is 4.21. The second-order valence-electron chi connectivity index (χ2n) is 10.4. The van der Waals surface area contributed by atoms with Gasteiger partial charge in [0.15, 0.2) is 11.6 Å². The molecule has 1 fully saturated rings. The van der Waals surface area contributed by atoms with Gasteiger partial charge in [-0.3, -0.25) is 9.59 Å². The summed E-state index contributed by atoms with van der Waals surface area (Å²) >= 11 is 1.35. The number of nitrogens with two attached hydrogens (primary N) is 1. The molecule has 0 unspecified atom stereocenters. The van der Waals surface area contributed by atoms with Crippen LogP contribution in [-0.2, 0) is 4.74 Å². The third-order valence-corrected chi connectivity index (χ3v) is 8.75. The van der Waals surface area contributed by atoms with Crippen molar-refractivity contribution in [2.24, 2.45) is 5.92 Å². The molecule has 0 spiro atoms. The molecular weight excluding hydrogens is 494 g/mol. The van der Waals surface area contributed by atoms with Gasteiger partial charge in [-0.15, -0.1) is 0 Å². The molecule has 2 aliphatic rings. The highest BCUT2D eigenvalue weighted by Crippen LogP contribution is 2.42. The predicted octanol–water partition coefficient (Wildman–Crippen LogP) is 7.41. The second kappa shape index (κ2) is 11.2. The van der Waals surface area contributed by atoms with Gasteiger partial charge in [0.2, 0.25) is 0 Å². The highest BCUT2D eigenvalue weighted by atomic mass is 32.2. The largest absolute Gasteiger partial charge is 0.459 e. The SMILES string of the molecule is CCCCC1CCC(OC(=O)c2cc(Sc3ccc(C)cc3)c3c(c2N)C(=O)c2ccccc2C3=O)CC1. The van der Waals surface area contributed by atoms with E-state index in [1.54, 1.807) is 30.3 Å². The molecule has 0 heterocycles. The van der Waals surface area contributed by atoms with Crippen molar-refractivity contribution in [1.82, 2.24) is 0 Å². The molecule has 1 saturated carbocycles. The number of esters is 1. The van der Waals surface area contributed by atoms with Gasteiger partial charge in [0.1, 0.15) is 6.10 Å². The first kappa shape index (κ1) is 26.2. The van der Waals surface area contributed by atoms with Crippen molar-refractivity contribution in [3.63, 3.8) is 0 Å². The van der Waals surface area contributed by atoms with Crippen LogP contribution in [0.2, 0.25) is 0 Å². The number of anilines is 1. The summed E-state index contributed by atoms with van der Waals surface area (Å²) in [7, 11) is 0. The molecule has 0 bridgehead atoms. The van der Waals surface area contributed by atoms with Crippen molar-refractivity contribution in [2.45, 2.75) is 74.7 Å². The topological polar surface area (TPSA) is 86.5 Å². The van der Waals surface area contributed by atoms with E-state index in [1.165, 1.54) is 31.0 Å². The molecule has 6 heteroatoms. The number of carbonyl (C=O) groups is 3. The summed E-state index contributed by atoms with van der Waals surface area (Å²) in [5.74, 6) is -0.446. The molecule has 0 aromatic heterocycles. The maximum atomic E-state index is 13.6. The first-order valence-corrected chi connectivity index (χ1v) is 14.3. The van der Waals surface area contributed by atoms with E-state index >= 15 is 0 Å². The van der Waals surface area contributed by atoms with Gasteiger partial charge >= 0.3 is 5.97 Å². The summed E-state index contributed by atoms with van der Waals surface area (Å²) < 4.78 is 5.93. The smallest absolute Gasteiger partial charge is 0.340 e. The van der Waals surface area contributed by atoms with E-state index in [9.17, 15) is 14.4 Å². The number of hydrogen-bond donors (Lipinski definition) is 1. The summed E-state index contributed by atoms with van der Waals surface area (Å²) in [6.07, 6.45) is 7.26. The quantitative estimate of drug-likeness (QED) is 0.199. The molecule has 2 N–H and O–H groups in total. The van der Waals surface area contributed by atoms with Crippen molar-refractivity contribution in [1.29, 1.82) is 0 Å². The summed E-state index contributed by atoms with van der Waals surface area (Å²) in [6, 6.07) is 16.3. The van der Waals surface area contributed by atoms with Crippen LogP contribution in [0.15, 0.2) is 64.4 Å². The van der Waals surface area contributed by atoms with Crippen molar-refractivity contribution < 1.29 is 19.1 Å². The van der Waals surface area contributed by atoms with Gasteiger partial charge in [0, 0.05) is 26.5 Å². The fourth-order valence-electron chi connectivity index (χ4n) is 5.51. The molecule has 5 rings (SSSR count). The van der Waals surface area contributed by atoms with E-state index in [0.717, 1.165) is 36.1 Å². The lowest BCUT2D eigenvalue weighted by atomic mass is 9.82. The van der Waals surface area contributed by atoms with Crippen LogP contribution < -0.4 is 5.73 Å². The Hall–Kier alpha value is -3.38. The number of benzene rings is 3. The van der Waals surface area contributed by atoms with Crippen molar-refractivity contribution in [3.05, 3.63) is 88.0 Å². The zero-order valence-corrected chi connectivity index (χ0v) is 22.7. The predicted molar refractivity (Wildman–Crippen MR) is 150 cm³/mol. The number of carbonyl (C=O) groups excluding carboxylic acids is 3. The molecule has 0 radical (unpaired) electrons. The van der Waals surface area contributed by atoms with Gasteiger partial charge in [-0.05, 0) is 56.7 Å². The number of ether oxygens (including phenoxy) is 1. The first-order valence-electron chi connectivity index (χ1n) is 13.5. The summed E-state index contributed by atoms with van der Waals surface area (Å²) in [4.78, 5) is 42.1. The Bertz CT molecular complexity index is 1390. The summed E-state index contributed by atoms with van der Waals surface area (Å²) in [5.41, 5.74) is 8.78. The zero-order valence-electron chi connectivity index (χ0n) is 21.9. The molecule has 3 aromatic rings. The van der Waals surface area contributed by atoms with Crippen LogP contribution in [0.25, 0.3) is 0 Å². The molecular formula is C32H33NO4S. The van der Waals surface area contributed by atoms with Crippen LogP contribution in [0, 0.1) is 12.8 Å². The van der Waals surface area contributed by atoms with Crippen LogP contribution >= 0.6 is 11.8 Å². The van der Waals surface area contributed by atoms with E-state index in [1.807, 2.05) is 31.2 Å². The minimum absolute atomic E-state index is 0.0164. The minimum Gasteiger partial charge on any atom is -0.459 e. The number of ketones is 2. The normalized spacial score (nSPS) is 18.6. The van der Waals surface area contributed by atoms with E-state index < -0.39 is 5.97 Å². The minimum atomic E-state index is -0.535. The average molecular weight is 528 g/mol. The Morgan fingerprint density at radius 2 is 1.58 bits per heavy atom. The zero-order chi connectivity index (χ0) is 26.8. The molecule has 3 aromatic carbocycles. The van der Waals surface area contributed by atoms with Gasteiger partial charge in [-0.25, -0.2) is 4.79 Å². The van der Waals surface area contributed by atoms with Gasteiger partial charge in [-0.2, -0.15) is 0 Å². The third kappa shape index (κ3) is 5.14. The Labute approximate surface area is 228 Å². The van der Waals surface area contributed by atoms with Gasteiger partial charge in [0.25, 0.3) is 0 Å². The standard InChI is InChI=1S/C32H33NO4S/c1-3-4-7-20-12-14-21(15-13-20)37-32(36)25-18-26(38-22-16-10-19(2)11-17-22)27-28(29(25)33)31(35)24-9-6-5-8-23(24)30(27)34/h5-6,8-11,16-18,20-21H,3-4,7,12-15,33H2,1-2H3. The lowest BCUT2D eigenvalue weighted by Gasteiger charge is -2.29. The van der Waals surface area contributed by atoms with Crippen LogP contribution in [0.4, 0.5) is 5.69 Å². The van der Waals surface area contributed by atoms with Crippen LogP contribution in [0.5, 0.6) is 0 Å². The maximum absolute atomic E-state index is 13.6. The maximum Gasteiger partial charge on any atom is 0.340 e. The molecule has 0 amide bonds. The van der Waals surface area contributed by atoms with Crippen molar-refractivity contribution in [2.75, 3.05) is 5.73 Å². The average Bonchev–Trinajstić information content (AvgIpc) is 2.93. The molecule has 5 nitrogen and oxygen atoms in total. The number of hydrogen-bond acceptors (Lipinski definition) is 6. The van der Waals surface area contributed by atoms with E-state index in [0.29, 0.717) is 21.9 Å². The molecule has 196 valence electrons. The molecule has 2 aliphatic carbocycles. The van der Waals surface area contributed by atoms with Crippen LogP contribution in [-0.4, -0.2) is 23.6 Å². The Morgan fingerprint density at radius 3 is 2.21 bits per heavy atom. The lowest BCUT2D eigenvalue weighted by Crippen LogP contribution is -2.27. The molecule has 0 aliphatic heterocycles. The Morgan fingerprint density at radius 1 is 0.947 bits per heavy atom. The number of nitrogen functional groups attached to an aromatic ring is 1. The van der Waals surface area contributed by atoms with Crippen molar-refractivity contribution in [3.8, 4) is 0 Å². The second-order valence-corrected chi connectivity index (χ2v) is 11.5. The monoisotopic (exact) mass is 527 g/mol. The highest BCUT2D eigenvalue weighted by Gasteiger charge is 2.36. The van der Waals surface area contributed by atoms with E-state index in [-0.39, 0.29) is 40.0 Å². The first-order chi connectivity index (χ1) is 18.4. The summed E-state index contributed by atoms with van der Waals surface area (Å²) in [5, 5.41) is 0. The Balaban J connectivity index is 1.50. The fraction of sp³-hybridized carbons (Fsp3) is 0.344. The van der Waals surface area contributed by atoms with Gasteiger partial charge in [0.05, 0.1) is 16.8 Å². The lowest BCUT2D eigenvalue weighted by molar-refractivity contribution is 0.0162. The van der Waals surface area contributed by atoms with Gasteiger partial charge < -0.3 is 10.5 Å². The number of unbranched alkanes of at least 4 members (excludes halogenated alkanes) is 1. The highest BCUT2D eigenvalue weighted by molar-refractivity contribution is 7.99.